The van der Waals surface area contributed by atoms with E-state index in [1.165, 1.54) is 63.8 Å². The van der Waals surface area contributed by atoms with E-state index in [9.17, 15) is 13.2 Å². The topological polar surface area (TPSA) is 90.9 Å². The summed E-state index contributed by atoms with van der Waals surface area (Å²) in [7, 11) is 0.352. The number of ether oxygens (including phenoxy) is 3. The summed E-state index contributed by atoms with van der Waals surface area (Å²) in [5, 5.41) is 0. The summed E-state index contributed by atoms with van der Waals surface area (Å²) >= 11 is 0. The van der Waals surface area contributed by atoms with Gasteiger partial charge in [0, 0.05) is 11.8 Å². The van der Waals surface area contributed by atoms with Crippen LogP contribution >= 0.6 is 0 Å². The van der Waals surface area contributed by atoms with E-state index < -0.39 is 16.0 Å². The fourth-order valence-electron chi connectivity index (χ4n) is 1.99. The Bertz CT molecular complexity index is 830. The predicted molar refractivity (Wildman–Crippen MR) is 88.1 cm³/mol. The van der Waals surface area contributed by atoms with Crippen LogP contribution in [0.2, 0.25) is 0 Å². The van der Waals surface area contributed by atoms with E-state index in [1.54, 1.807) is 0 Å². The highest BCUT2D eigenvalue weighted by molar-refractivity contribution is 7.92. The highest BCUT2D eigenvalue weighted by atomic mass is 32.2. The van der Waals surface area contributed by atoms with Crippen LogP contribution in [-0.4, -0.2) is 35.7 Å². The Kier molecular flexibility index (Phi) is 5.30. The van der Waals surface area contributed by atoms with Crippen molar-refractivity contribution in [2.75, 3.05) is 26.1 Å². The van der Waals surface area contributed by atoms with Crippen molar-refractivity contribution in [3.63, 3.8) is 0 Å². The normalized spacial score (nSPS) is 10.8. The molecule has 0 spiro atoms. The fraction of sp³-hybridized carbons (Fsp3) is 0.188. The molecule has 0 fully saturated rings. The molecule has 0 aliphatic carbocycles. The molecule has 0 saturated carbocycles. The van der Waals surface area contributed by atoms with E-state index in [1.807, 2.05) is 0 Å². The molecule has 0 amide bonds. The first-order valence-corrected chi connectivity index (χ1v) is 8.33. The van der Waals surface area contributed by atoms with Crippen molar-refractivity contribution >= 4 is 21.7 Å². The molecule has 0 bridgehead atoms. The summed E-state index contributed by atoms with van der Waals surface area (Å²) in [6, 6.07) is 10.2. The van der Waals surface area contributed by atoms with Crippen molar-refractivity contribution in [2.45, 2.75) is 4.90 Å². The zero-order valence-electron chi connectivity index (χ0n) is 13.4. The maximum absolute atomic E-state index is 12.4. The number of hydrogen-bond acceptors (Lipinski definition) is 6. The number of carbonyl (C=O) groups is 1. The summed E-state index contributed by atoms with van der Waals surface area (Å²) in [5.74, 6) is 0.240. The standard InChI is InChI=1S/C16H17NO6S/c1-21-14-9-8-13(10-15(14)22-2)24(19,20)17-12-6-4-11(5-7-12)16(18)23-3/h4-10,17H,1-3H3. The Morgan fingerprint density at radius 1 is 0.917 bits per heavy atom. The van der Waals surface area contributed by atoms with Gasteiger partial charge in [0.1, 0.15) is 0 Å². The molecule has 0 heterocycles. The van der Waals surface area contributed by atoms with Crippen LogP contribution in [-0.2, 0) is 14.8 Å². The number of sulfonamides is 1. The van der Waals surface area contributed by atoms with Crippen LogP contribution in [0.1, 0.15) is 10.4 Å². The Morgan fingerprint density at radius 3 is 2.08 bits per heavy atom. The van der Waals surface area contributed by atoms with Crippen LogP contribution in [0, 0.1) is 0 Å². The van der Waals surface area contributed by atoms with Crippen molar-refractivity contribution in [1.82, 2.24) is 0 Å². The van der Waals surface area contributed by atoms with Crippen molar-refractivity contribution < 1.29 is 27.4 Å². The van der Waals surface area contributed by atoms with Gasteiger partial charge in [-0.3, -0.25) is 4.72 Å². The number of anilines is 1. The number of methoxy groups -OCH3 is 3. The lowest BCUT2D eigenvalue weighted by molar-refractivity contribution is 0.0601. The maximum atomic E-state index is 12.4. The van der Waals surface area contributed by atoms with Gasteiger partial charge in [0.15, 0.2) is 11.5 Å². The first kappa shape index (κ1) is 17.6. The van der Waals surface area contributed by atoms with E-state index in [-0.39, 0.29) is 4.90 Å². The number of benzene rings is 2. The van der Waals surface area contributed by atoms with E-state index >= 15 is 0 Å². The summed E-state index contributed by atoms with van der Waals surface area (Å²) in [6.07, 6.45) is 0. The molecule has 2 aromatic rings. The van der Waals surface area contributed by atoms with Crippen molar-refractivity contribution in [2.24, 2.45) is 0 Å². The molecule has 0 unspecified atom stereocenters. The Morgan fingerprint density at radius 2 is 1.54 bits per heavy atom. The Labute approximate surface area is 140 Å². The number of hydrogen-bond donors (Lipinski definition) is 1. The summed E-state index contributed by atoms with van der Waals surface area (Å²) < 4.78 is 42.1. The largest absolute Gasteiger partial charge is 0.493 e. The molecule has 24 heavy (non-hydrogen) atoms. The van der Waals surface area contributed by atoms with Crippen molar-refractivity contribution in [3.05, 3.63) is 48.0 Å². The molecular formula is C16H17NO6S. The third-order valence-electron chi connectivity index (χ3n) is 3.22. The van der Waals surface area contributed by atoms with Crippen LogP contribution in [0.4, 0.5) is 5.69 Å². The average Bonchev–Trinajstić information content (AvgIpc) is 2.60. The molecule has 0 aliphatic heterocycles. The molecule has 0 saturated heterocycles. The Hall–Kier alpha value is -2.74. The fourth-order valence-corrected chi connectivity index (χ4v) is 3.06. The summed E-state index contributed by atoms with van der Waals surface area (Å²) in [6.45, 7) is 0. The molecule has 7 nitrogen and oxygen atoms in total. The summed E-state index contributed by atoms with van der Waals surface area (Å²) in [4.78, 5) is 11.4. The van der Waals surface area contributed by atoms with E-state index in [2.05, 4.69) is 9.46 Å². The molecule has 0 radical (unpaired) electrons. The second kappa shape index (κ2) is 7.22. The molecule has 128 valence electrons. The predicted octanol–water partition coefficient (Wildman–Crippen LogP) is 2.29. The second-order valence-electron chi connectivity index (χ2n) is 4.69. The molecule has 8 heteroatoms. The minimum atomic E-state index is -3.81. The zero-order chi connectivity index (χ0) is 17.7. The third kappa shape index (κ3) is 3.77. The molecular weight excluding hydrogens is 334 g/mol. The SMILES string of the molecule is COC(=O)c1ccc(NS(=O)(=O)c2ccc(OC)c(OC)c2)cc1. The third-order valence-corrected chi connectivity index (χ3v) is 4.60. The van der Waals surface area contributed by atoms with Gasteiger partial charge in [0.25, 0.3) is 10.0 Å². The number of nitrogens with one attached hydrogen (secondary N) is 1. The van der Waals surface area contributed by atoms with Gasteiger partial charge in [0.2, 0.25) is 0 Å². The van der Waals surface area contributed by atoms with Gasteiger partial charge in [-0.05, 0) is 36.4 Å². The molecule has 0 aromatic heterocycles. The van der Waals surface area contributed by atoms with Gasteiger partial charge in [0.05, 0.1) is 31.8 Å². The second-order valence-corrected chi connectivity index (χ2v) is 6.37. The first-order valence-electron chi connectivity index (χ1n) is 6.84. The van der Waals surface area contributed by atoms with E-state index in [4.69, 9.17) is 9.47 Å². The lowest BCUT2D eigenvalue weighted by Crippen LogP contribution is -2.13. The minimum Gasteiger partial charge on any atom is -0.493 e. The van der Waals surface area contributed by atoms with Gasteiger partial charge in [-0.1, -0.05) is 0 Å². The average molecular weight is 351 g/mol. The van der Waals surface area contributed by atoms with Gasteiger partial charge in [-0.2, -0.15) is 0 Å². The number of esters is 1. The van der Waals surface area contributed by atoms with Crippen LogP contribution < -0.4 is 14.2 Å². The van der Waals surface area contributed by atoms with Crippen LogP contribution in [0.25, 0.3) is 0 Å². The Balaban J connectivity index is 2.26. The summed E-state index contributed by atoms with van der Waals surface area (Å²) in [5.41, 5.74) is 0.643. The van der Waals surface area contributed by atoms with Crippen molar-refractivity contribution in [3.8, 4) is 11.5 Å². The first-order chi connectivity index (χ1) is 11.4. The smallest absolute Gasteiger partial charge is 0.337 e. The number of carbonyl (C=O) groups excluding carboxylic acids is 1. The lowest BCUT2D eigenvalue weighted by atomic mass is 10.2. The highest BCUT2D eigenvalue weighted by Gasteiger charge is 2.17. The maximum Gasteiger partial charge on any atom is 0.337 e. The van der Waals surface area contributed by atoms with Gasteiger partial charge < -0.3 is 14.2 Å². The van der Waals surface area contributed by atoms with E-state index in [0.717, 1.165) is 0 Å². The van der Waals surface area contributed by atoms with Gasteiger partial charge >= 0.3 is 5.97 Å². The molecule has 0 atom stereocenters. The monoisotopic (exact) mass is 351 g/mol. The molecule has 1 N–H and O–H groups in total. The zero-order valence-corrected chi connectivity index (χ0v) is 14.2. The molecule has 2 aromatic carbocycles. The van der Waals surface area contributed by atoms with Crippen LogP contribution in [0.15, 0.2) is 47.4 Å². The minimum absolute atomic E-state index is 0.0252. The number of rotatable bonds is 6. The van der Waals surface area contributed by atoms with Crippen LogP contribution in [0.3, 0.4) is 0 Å². The molecule has 2 rings (SSSR count). The molecule has 0 aliphatic rings. The quantitative estimate of drug-likeness (QED) is 0.803. The highest BCUT2D eigenvalue weighted by Crippen LogP contribution is 2.30. The van der Waals surface area contributed by atoms with Gasteiger partial charge in [-0.15, -0.1) is 0 Å². The van der Waals surface area contributed by atoms with Gasteiger partial charge in [-0.25, -0.2) is 13.2 Å². The van der Waals surface area contributed by atoms with Crippen LogP contribution in [0.5, 0.6) is 11.5 Å². The lowest BCUT2D eigenvalue weighted by Gasteiger charge is -2.12. The van der Waals surface area contributed by atoms with Crippen molar-refractivity contribution in [1.29, 1.82) is 0 Å². The van der Waals surface area contributed by atoms with E-state index in [0.29, 0.717) is 22.7 Å².